The predicted octanol–water partition coefficient (Wildman–Crippen LogP) is 6.38. The Morgan fingerprint density at radius 2 is 1.10 bits per heavy atom. The molecule has 0 saturated carbocycles. The van der Waals surface area contributed by atoms with Crippen LogP contribution in [0.2, 0.25) is 0 Å². The van der Waals surface area contributed by atoms with Gasteiger partial charge in [-0.15, -0.1) is 0 Å². The van der Waals surface area contributed by atoms with Crippen molar-refractivity contribution in [1.29, 1.82) is 0 Å². The highest BCUT2D eigenvalue weighted by Gasteiger charge is 2.47. The van der Waals surface area contributed by atoms with Crippen LogP contribution in [0.4, 0.5) is 0 Å². The zero-order chi connectivity index (χ0) is 26.7. The van der Waals surface area contributed by atoms with Crippen molar-refractivity contribution in [2.24, 2.45) is 0 Å². The third-order valence-electron chi connectivity index (χ3n) is 6.59. The molecule has 4 aromatic carbocycles. The molecule has 0 aliphatic carbocycles. The maximum atomic E-state index is 9.44. The van der Waals surface area contributed by atoms with E-state index in [1.807, 2.05) is 78.9 Å². The molecule has 0 spiro atoms. The number of ether oxygens (including phenoxy) is 4. The highest BCUT2D eigenvalue weighted by Crippen LogP contribution is 2.38. The second-order valence-electron chi connectivity index (χ2n) is 9.49. The van der Waals surface area contributed by atoms with Crippen LogP contribution in [0.15, 0.2) is 120 Å². The monoisotopic (exact) mass is 542 g/mol. The Bertz CT molecular complexity index is 1240. The first kappa shape index (κ1) is 27.6. The van der Waals surface area contributed by atoms with Crippen molar-refractivity contribution in [3.63, 3.8) is 0 Å². The Hall–Kier alpha value is -2.97. The Morgan fingerprint density at radius 1 is 0.590 bits per heavy atom. The second kappa shape index (κ2) is 14.4. The largest absolute Gasteiger partial charge is 0.392 e. The van der Waals surface area contributed by atoms with Crippen molar-refractivity contribution in [2.45, 2.75) is 55.1 Å². The lowest BCUT2D eigenvalue weighted by atomic mass is 10.1. The number of hydrogen-bond acceptors (Lipinski definition) is 6. The molecule has 0 bridgehead atoms. The lowest BCUT2D eigenvalue weighted by molar-refractivity contribution is -0.0895. The van der Waals surface area contributed by atoms with Crippen molar-refractivity contribution in [3.05, 3.63) is 138 Å². The Labute approximate surface area is 234 Å². The van der Waals surface area contributed by atoms with Crippen LogP contribution in [0.5, 0.6) is 0 Å². The quantitative estimate of drug-likeness (QED) is 0.212. The molecule has 1 N–H and O–H groups in total. The van der Waals surface area contributed by atoms with E-state index in [1.165, 1.54) is 0 Å². The molecular formula is C33H34O5S. The van der Waals surface area contributed by atoms with Crippen molar-refractivity contribution in [1.82, 2.24) is 0 Å². The third kappa shape index (κ3) is 8.02. The van der Waals surface area contributed by atoms with E-state index in [0.29, 0.717) is 26.4 Å². The minimum Gasteiger partial charge on any atom is -0.392 e. The van der Waals surface area contributed by atoms with E-state index in [-0.39, 0.29) is 30.4 Å². The molecule has 4 atom stereocenters. The Kier molecular flexibility index (Phi) is 10.2. The van der Waals surface area contributed by atoms with Gasteiger partial charge in [0.2, 0.25) is 0 Å². The molecule has 202 valence electrons. The van der Waals surface area contributed by atoms with Gasteiger partial charge < -0.3 is 24.1 Å². The van der Waals surface area contributed by atoms with Crippen molar-refractivity contribution < 1.29 is 24.1 Å². The molecule has 1 unspecified atom stereocenters. The molecule has 0 radical (unpaired) electrons. The SMILES string of the molecule is OCc1ccc(SC2O[C@H](COCc3ccccc3)[C@@H](OCc3ccccc3)[C@@H]2OCc2ccccc2)cc1. The van der Waals surface area contributed by atoms with E-state index in [0.717, 1.165) is 27.1 Å². The van der Waals surface area contributed by atoms with Gasteiger partial charge in [-0.2, -0.15) is 0 Å². The molecule has 39 heavy (non-hydrogen) atoms. The van der Waals surface area contributed by atoms with E-state index in [4.69, 9.17) is 18.9 Å². The summed E-state index contributed by atoms with van der Waals surface area (Å²) >= 11 is 1.61. The smallest absolute Gasteiger partial charge is 0.137 e. The van der Waals surface area contributed by atoms with Crippen LogP contribution >= 0.6 is 11.8 Å². The van der Waals surface area contributed by atoms with Gasteiger partial charge in [-0.1, -0.05) is 115 Å². The molecule has 1 aliphatic heterocycles. The van der Waals surface area contributed by atoms with Crippen LogP contribution < -0.4 is 0 Å². The van der Waals surface area contributed by atoms with Crippen molar-refractivity contribution >= 4 is 11.8 Å². The maximum Gasteiger partial charge on any atom is 0.137 e. The summed E-state index contributed by atoms with van der Waals surface area (Å²) < 4.78 is 25.8. The van der Waals surface area contributed by atoms with Crippen LogP contribution in [-0.4, -0.2) is 35.5 Å². The van der Waals surface area contributed by atoms with Gasteiger partial charge in [-0.25, -0.2) is 0 Å². The van der Waals surface area contributed by atoms with Gasteiger partial charge in [-0.05, 0) is 34.4 Å². The normalized spacial score (nSPS) is 20.7. The summed E-state index contributed by atoms with van der Waals surface area (Å²) in [6, 6.07) is 38.3. The minimum absolute atomic E-state index is 0.0178. The fraction of sp³-hybridized carbons (Fsp3) is 0.273. The molecule has 1 heterocycles. The highest BCUT2D eigenvalue weighted by molar-refractivity contribution is 7.99. The summed E-state index contributed by atoms with van der Waals surface area (Å²) in [5.41, 5.74) is 3.89. The summed E-state index contributed by atoms with van der Waals surface area (Å²) in [6.07, 6.45) is -0.937. The maximum absolute atomic E-state index is 9.44. The van der Waals surface area contributed by atoms with Gasteiger partial charge in [0, 0.05) is 4.90 Å². The average Bonchev–Trinajstić information content (AvgIpc) is 3.32. The van der Waals surface area contributed by atoms with E-state index < -0.39 is 0 Å². The molecule has 0 aromatic heterocycles. The first-order chi connectivity index (χ1) is 19.3. The molecule has 1 fully saturated rings. The summed E-state index contributed by atoms with van der Waals surface area (Å²) in [5, 5.41) is 9.44. The van der Waals surface area contributed by atoms with Gasteiger partial charge in [-0.3, -0.25) is 0 Å². The third-order valence-corrected chi connectivity index (χ3v) is 7.75. The number of rotatable bonds is 13. The van der Waals surface area contributed by atoms with E-state index in [9.17, 15) is 5.11 Å². The van der Waals surface area contributed by atoms with E-state index >= 15 is 0 Å². The zero-order valence-corrected chi connectivity index (χ0v) is 22.6. The molecule has 4 aromatic rings. The number of hydrogen-bond donors (Lipinski definition) is 1. The number of benzene rings is 4. The van der Waals surface area contributed by atoms with Gasteiger partial charge >= 0.3 is 0 Å². The number of aliphatic hydroxyl groups is 1. The topological polar surface area (TPSA) is 57.2 Å². The van der Waals surface area contributed by atoms with Crippen LogP contribution in [0.1, 0.15) is 22.3 Å². The Morgan fingerprint density at radius 3 is 1.64 bits per heavy atom. The summed E-state index contributed by atoms with van der Waals surface area (Å²) in [4.78, 5) is 1.04. The summed E-state index contributed by atoms with van der Waals surface area (Å²) in [6.45, 7) is 1.82. The molecule has 1 aliphatic rings. The lowest BCUT2D eigenvalue weighted by Gasteiger charge is -2.25. The minimum atomic E-state index is -0.320. The molecule has 5 nitrogen and oxygen atoms in total. The first-order valence-corrected chi connectivity index (χ1v) is 14.1. The molecule has 1 saturated heterocycles. The van der Waals surface area contributed by atoms with Crippen LogP contribution in [-0.2, 0) is 45.4 Å². The summed E-state index contributed by atoms with van der Waals surface area (Å²) in [5.74, 6) is 0. The van der Waals surface area contributed by atoms with Gasteiger partial charge in [0.25, 0.3) is 0 Å². The van der Waals surface area contributed by atoms with E-state index in [1.54, 1.807) is 11.8 Å². The second-order valence-corrected chi connectivity index (χ2v) is 10.7. The van der Waals surface area contributed by atoms with Crippen molar-refractivity contribution in [3.8, 4) is 0 Å². The van der Waals surface area contributed by atoms with E-state index in [2.05, 4.69) is 36.4 Å². The van der Waals surface area contributed by atoms with Crippen LogP contribution in [0.25, 0.3) is 0 Å². The molecule has 6 heteroatoms. The Balaban J connectivity index is 1.34. The predicted molar refractivity (Wildman–Crippen MR) is 153 cm³/mol. The fourth-order valence-corrected chi connectivity index (χ4v) is 5.63. The summed E-state index contributed by atoms with van der Waals surface area (Å²) in [7, 11) is 0. The molecular weight excluding hydrogens is 508 g/mol. The molecule has 0 amide bonds. The van der Waals surface area contributed by atoms with Crippen LogP contribution in [0.3, 0.4) is 0 Å². The zero-order valence-electron chi connectivity index (χ0n) is 21.8. The van der Waals surface area contributed by atoms with Crippen molar-refractivity contribution in [2.75, 3.05) is 6.61 Å². The standard InChI is InChI=1S/C33H34O5S/c34-20-25-16-18-29(19-17-25)39-33-32(37-23-28-14-8-3-9-15-28)31(36-22-27-12-6-2-7-13-27)30(38-33)24-35-21-26-10-4-1-5-11-26/h1-19,30-34H,20-24H2/t30-,31-,32+,33?/m1/s1. The number of aliphatic hydroxyl groups excluding tert-OH is 1. The first-order valence-electron chi connectivity index (χ1n) is 13.2. The van der Waals surface area contributed by atoms with Gasteiger partial charge in [0.15, 0.2) is 0 Å². The van der Waals surface area contributed by atoms with Crippen LogP contribution in [0, 0.1) is 0 Å². The molecule has 5 rings (SSSR count). The fourth-order valence-electron chi connectivity index (χ4n) is 4.51. The van der Waals surface area contributed by atoms with Gasteiger partial charge in [0.05, 0.1) is 33.0 Å². The number of thioether (sulfide) groups is 1. The average molecular weight is 543 g/mol. The van der Waals surface area contributed by atoms with Gasteiger partial charge in [0.1, 0.15) is 23.7 Å². The lowest BCUT2D eigenvalue weighted by Crippen LogP contribution is -2.38. The highest BCUT2D eigenvalue weighted by atomic mass is 32.2.